The molecule has 0 amide bonds. The molecule has 6 aromatic carbocycles. The monoisotopic (exact) mass is 838 g/mol. The molecular formula is C37H30Cl2F6Hf-6. The Hall–Kier alpha value is -2.87. The largest absolute Gasteiger partial charge is 1.00 e. The van der Waals surface area contributed by atoms with Crippen LogP contribution in [0.2, 0.25) is 0 Å². The third-order valence-corrected chi connectivity index (χ3v) is 6.84. The summed E-state index contributed by atoms with van der Waals surface area (Å²) in [5.74, 6) is 0. The van der Waals surface area contributed by atoms with Crippen LogP contribution in [0.5, 0.6) is 0 Å². The summed E-state index contributed by atoms with van der Waals surface area (Å²) in [6.07, 6.45) is -7.83. The normalized spacial score (nSPS) is 10.8. The molecule has 0 fully saturated rings. The minimum absolute atomic E-state index is 0. The first-order valence-corrected chi connectivity index (χ1v) is 13.6. The molecule has 0 bridgehead atoms. The molecule has 0 spiro atoms. The van der Waals surface area contributed by atoms with Crippen molar-refractivity contribution in [2.24, 2.45) is 0 Å². The number of hydrogen-bond donors (Lipinski definition) is 0. The number of hydrogen-bond acceptors (Lipinski definition) is 0. The van der Waals surface area contributed by atoms with E-state index in [4.69, 9.17) is 0 Å². The zero-order valence-electron chi connectivity index (χ0n) is 25.0. The van der Waals surface area contributed by atoms with Crippen LogP contribution in [-0.2, 0) is 38.2 Å². The van der Waals surface area contributed by atoms with Crippen LogP contribution in [-0.4, -0.2) is 0 Å². The van der Waals surface area contributed by atoms with Crippen LogP contribution in [0.3, 0.4) is 0 Å². The number of alkyl halides is 6. The number of rotatable bonds is 2. The fourth-order valence-corrected chi connectivity index (χ4v) is 4.95. The van der Waals surface area contributed by atoms with E-state index in [9.17, 15) is 26.3 Å². The maximum Gasteiger partial charge on any atom is 0.416 e. The van der Waals surface area contributed by atoms with Crippen molar-refractivity contribution in [1.82, 2.24) is 0 Å². The molecule has 0 aliphatic heterocycles. The van der Waals surface area contributed by atoms with Gasteiger partial charge in [-0.3, -0.25) is 0 Å². The fraction of sp³-hybridized carbons (Fsp3) is 0.135. The molecule has 6 aromatic rings. The van der Waals surface area contributed by atoms with E-state index in [0.29, 0.717) is 0 Å². The Morgan fingerprint density at radius 3 is 1.13 bits per heavy atom. The van der Waals surface area contributed by atoms with E-state index in [1.54, 1.807) is 0 Å². The third kappa shape index (κ3) is 10.1. The molecule has 0 saturated heterocycles. The predicted molar refractivity (Wildman–Crippen MR) is 165 cm³/mol. The first-order valence-electron chi connectivity index (χ1n) is 13.6. The summed E-state index contributed by atoms with van der Waals surface area (Å²) in [6.45, 7) is 10.8. The van der Waals surface area contributed by atoms with Gasteiger partial charge in [0.1, 0.15) is 0 Å². The van der Waals surface area contributed by atoms with Crippen LogP contribution in [0.4, 0.5) is 26.3 Å². The van der Waals surface area contributed by atoms with Gasteiger partial charge in [0.2, 0.25) is 0 Å². The summed E-state index contributed by atoms with van der Waals surface area (Å²) < 4.78 is 75.5. The Balaban J connectivity index is 0.000000400. The smallest absolute Gasteiger partial charge is 0.416 e. The van der Waals surface area contributed by atoms with Crippen LogP contribution >= 0.6 is 0 Å². The number of halogens is 8. The first kappa shape index (κ1) is 41.2. The second-order valence-electron chi connectivity index (χ2n) is 10.2. The van der Waals surface area contributed by atoms with Gasteiger partial charge in [-0.05, 0) is 35.4 Å². The van der Waals surface area contributed by atoms with Crippen LogP contribution in [0.25, 0.3) is 43.8 Å². The van der Waals surface area contributed by atoms with Crippen molar-refractivity contribution in [2.45, 2.75) is 32.6 Å². The van der Waals surface area contributed by atoms with Crippen molar-refractivity contribution in [1.29, 1.82) is 0 Å². The van der Waals surface area contributed by atoms with Gasteiger partial charge in [0.15, 0.2) is 0 Å². The molecule has 0 nitrogen and oxygen atoms in total. The van der Waals surface area contributed by atoms with E-state index in [0.717, 1.165) is 85.6 Å². The van der Waals surface area contributed by atoms with Gasteiger partial charge in [-0.1, -0.05) is 61.4 Å². The predicted octanol–water partition coefficient (Wildman–Crippen LogP) is 6.16. The van der Waals surface area contributed by atoms with E-state index in [1.165, 1.54) is 24.3 Å². The van der Waals surface area contributed by atoms with Gasteiger partial charge in [-0.25, -0.2) is 0 Å². The molecule has 0 aliphatic rings. The molecule has 46 heavy (non-hydrogen) atoms. The first-order chi connectivity index (χ1) is 20.3. The zero-order valence-corrected chi connectivity index (χ0v) is 30.1. The Bertz CT molecular complexity index is 1660. The second-order valence-corrected chi connectivity index (χ2v) is 10.2. The SMILES string of the molecule is Cc1cc2c(-c3ccc(C(F)(F)F)cc3)cccc2[cH-]1.Cc1cc2c(-c3ccc(C(F)(F)F)cc3)cccc2[cH-]1.[CH2-]C[CH2-].[Cl-].[Cl-].[Hf]. The molecule has 6 rings (SSSR count). The van der Waals surface area contributed by atoms with Crippen molar-refractivity contribution < 1.29 is 77.0 Å². The van der Waals surface area contributed by atoms with Gasteiger partial charge in [-0.15, -0.1) is 69.1 Å². The molecule has 0 atom stereocenters. The molecule has 9 heteroatoms. The summed E-state index contributed by atoms with van der Waals surface area (Å²) in [4.78, 5) is 0. The van der Waals surface area contributed by atoms with E-state index in [2.05, 4.69) is 38.1 Å². The summed E-state index contributed by atoms with van der Waals surface area (Å²) in [7, 11) is 0. The molecular weight excluding hydrogens is 808 g/mol. The Morgan fingerprint density at radius 1 is 0.543 bits per heavy atom. The minimum Gasteiger partial charge on any atom is -1.00 e. The Kier molecular flexibility index (Phi) is 15.5. The molecule has 0 heterocycles. The number of aryl methyl sites for hydroxylation is 2. The quantitative estimate of drug-likeness (QED) is 0.112. The van der Waals surface area contributed by atoms with Gasteiger partial charge in [0.25, 0.3) is 0 Å². The van der Waals surface area contributed by atoms with Crippen molar-refractivity contribution in [3.05, 3.63) is 145 Å². The van der Waals surface area contributed by atoms with E-state index in [-0.39, 0.29) is 50.7 Å². The fourth-order valence-electron chi connectivity index (χ4n) is 4.95. The standard InChI is InChI=1S/2C17H12F3.C3H6.2ClH.Hf/c2*1-11-9-13-3-2-4-15(16(13)10-11)12-5-7-14(8-6-12)17(18,19)20;1-3-2;;;/h2*2-10H,1H3;1-3H2;2*1H;/q2*-1;-2;;;/p-2. The maximum absolute atomic E-state index is 12.6. The van der Waals surface area contributed by atoms with Gasteiger partial charge in [0.05, 0.1) is 11.1 Å². The van der Waals surface area contributed by atoms with Crippen LogP contribution in [0.15, 0.2) is 109 Å². The molecule has 0 aromatic heterocycles. The molecule has 0 radical (unpaired) electrons. The topological polar surface area (TPSA) is 0 Å². The third-order valence-electron chi connectivity index (χ3n) is 6.84. The van der Waals surface area contributed by atoms with Crippen molar-refractivity contribution in [3.63, 3.8) is 0 Å². The Labute approximate surface area is 297 Å². The molecule has 0 aliphatic carbocycles. The van der Waals surface area contributed by atoms with Gasteiger partial charge < -0.3 is 45.1 Å². The average molecular weight is 838 g/mol. The van der Waals surface area contributed by atoms with E-state index in [1.807, 2.05) is 50.2 Å². The Morgan fingerprint density at radius 2 is 0.848 bits per heavy atom. The van der Waals surface area contributed by atoms with Crippen molar-refractivity contribution in [3.8, 4) is 22.3 Å². The molecule has 0 unspecified atom stereocenters. The van der Waals surface area contributed by atoms with Gasteiger partial charge in [-0.2, -0.15) is 38.5 Å². The van der Waals surface area contributed by atoms with E-state index < -0.39 is 23.5 Å². The van der Waals surface area contributed by atoms with Gasteiger partial charge >= 0.3 is 12.4 Å². The van der Waals surface area contributed by atoms with E-state index >= 15 is 0 Å². The van der Waals surface area contributed by atoms with Crippen molar-refractivity contribution >= 4 is 21.5 Å². The minimum atomic E-state index is -4.29. The summed E-state index contributed by atoms with van der Waals surface area (Å²) in [5, 5.41) is 4.37. The number of fused-ring (bicyclic) bond motifs is 2. The maximum atomic E-state index is 12.6. The molecule has 0 N–H and O–H groups in total. The number of benzene rings is 4. The second kappa shape index (κ2) is 17.3. The average Bonchev–Trinajstić information content (AvgIpc) is 3.53. The molecule has 244 valence electrons. The van der Waals surface area contributed by atoms with Crippen LogP contribution in [0, 0.1) is 27.7 Å². The van der Waals surface area contributed by atoms with Crippen molar-refractivity contribution in [2.75, 3.05) is 0 Å². The molecule has 0 saturated carbocycles. The summed E-state index contributed by atoms with van der Waals surface area (Å²) in [5.41, 5.74) is 4.59. The summed E-state index contributed by atoms with van der Waals surface area (Å²) >= 11 is 0. The summed E-state index contributed by atoms with van der Waals surface area (Å²) in [6, 6.07) is 30.6. The van der Waals surface area contributed by atoms with Gasteiger partial charge in [0, 0.05) is 25.8 Å². The zero-order chi connectivity index (χ0) is 31.4. The van der Waals surface area contributed by atoms with Crippen LogP contribution in [0.1, 0.15) is 28.7 Å². The van der Waals surface area contributed by atoms with Crippen LogP contribution < -0.4 is 24.8 Å².